The number of aromatic nitrogens is 2. The molecule has 0 atom stereocenters. The van der Waals surface area contributed by atoms with Gasteiger partial charge in [0.25, 0.3) is 0 Å². The molecular formula is C16H14N2O2. The van der Waals surface area contributed by atoms with E-state index < -0.39 is 0 Å². The minimum atomic E-state index is 0.405. The fraction of sp³-hybridized carbons (Fsp3) is 0.125. The third-order valence-electron chi connectivity index (χ3n) is 3.23. The van der Waals surface area contributed by atoms with E-state index in [2.05, 4.69) is 5.10 Å². The van der Waals surface area contributed by atoms with Crippen LogP contribution >= 0.6 is 0 Å². The van der Waals surface area contributed by atoms with Crippen molar-refractivity contribution in [1.82, 2.24) is 9.78 Å². The predicted molar refractivity (Wildman–Crippen MR) is 76.9 cm³/mol. The van der Waals surface area contributed by atoms with E-state index in [0.717, 1.165) is 28.6 Å². The van der Waals surface area contributed by atoms with Gasteiger partial charge in [-0.3, -0.25) is 9.48 Å². The molecule has 0 saturated carbocycles. The van der Waals surface area contributed by atoms with Gasteiger partial charge in [0.1, 0.15) is 24.3 Å². The largest absolute Gasteiger partial charge is 0.487 e. The summed E-state index contributed by atoms with van der Waals surface area (Å²) in [5.74, 6) is 0.727. The van der Waals surface area contributed by atoms with Gasteiger partial charge in [-0.15, -0.1) is 0 Å². The molecule has 3 rings (SSSR count). The molecule has 0 aliphatic carbocycles. The number of carbonyl (C=O) groups excluding carboxylic acids is 1. The quantitative estimate of drug-likeness (QED) is 0.682. The van der Waals surface area contributed by atoms with Crippen LogP contribution in [0.3, 0.4) is 0 Å². The number of fused-ring (bicyclic) bond motifs is 1. The number of carbonyl (C=O) groups is 1. The third-order valence-corrected chi connectivity index (χ3v) is 3.23. The molecule has 4 nitrogen and oxygen atoms in total. The summed E-state index contributed by atoms with van der Waals surface area (Å²) in [5.41, 5.74) is 2.63. The molecule has 100 valence electrons. The first-order valence-electron chi connectivity index (χ1n) is 6.36. The van der Waals surface area contributed by atoms with E-state index in [-0.39, 0.29) is 0 Å². The van der Waals surface area contributed by atoms with Crippen LogP contribution in [-0.4, -0.2) is 16.1 Å². The Labute approximate surface area is 116 Å². The van der Waals surface area contributed by atoms with Gasteiger partial charge in [0.15, 0.2) is 0 Å². The Bertz CT molecular complexity index is 745. The summed E-state index contributed by atoms with van der Waals surface area (Å²) in [6.07, 6.45) is 0.816. The van der Waals surface area contributed by atoms with E-state index in [1.165, 1.54) is 0 Å². The van der Waals surface area contributed by atoms with Crippen LogP contribution in [0.2, 0.25) is 0 Å². The average molecular weight is 266 g/mol. The minimum absolute atomic E-state index is 0.405. The molecule has 20 heavy (non-hydrogen) atoms. The monoisotopic (exact) mass is 266 g/mol. The zero-order valence-corrected chi connectivity index (χ0v) is 11.1. The van der Waals surface area contributed by atoms with E-state index in [9.17, 15) is 4.79 Å². The number of rotatable bonds is 4. The SMILES string of the molecule is Cn1nc(COc2ccc(C=O)cc2)c2ccccc21. The van der Waals surface area contributed by atoms with E-state index in [4.69, 9.17) is 4.74 Å². The van der Waals surface area contributed by atoms with E-state index >= 15 is 0 Å². The van der Waals surface area contributed by atoms with Gasteiger partial charge in [0.05, 0.1) is 5.52 Å². The number of hydrogen-bond donors (Lipinski definition) is 0. The van der Waals surface area contributed by atoms with Gasteiger partial charge in [-0.2, -0.15) is 5.10 Å². The van der Waals surface area contributed by atoms with Crippen molar-refractivity contribution in [3.8, 4) is 5.75 Å². The van der Waals surface area contributed by atoms with Crippen LogP contribution in [0, 0.1) is 0 Å². The Morgan fingerprint density at radius 1 is 1.15 bits per heavy atom. The molecule has 0 unspecified atom stereocenters. The van der Waals surface area contributed by atoms with Crippen LogP contribution in [0.25, 0.3) is 10.9 Å². The first-order chi connectivity index (χ1) is 9.78. The summed E-state index contributed by atoms with van der Waals surface area (Å²) in [4.78, 5) is 10.6. The van der Waals surface area contributed by atoms with Crippen LogP contribution < -0.4 is 4.74 Å². The van der Waals surface area contributed by atoms with Gasteiger partial charge in [-0.05, 0) is 30.3 Å². The Balaban J connectivity index is 1.81. The van der Waals surface area contributed by atoms with Gasteiger partial charge >= 0.3 is 0 Å². The van der Waals surface area contributed by atoms with Crippen molar-refractivity contribution < 1.29 is 9.53 Å². The van der Waals surface area contributed by atoms with Crippen LogP contribution in [-0.2, 0) is 13.7 Å². The van der Waals surface area contributed by atoms with Gasteiger partial charge < -0.3 is 4.74 Å². The van der Waals surface area contributed by atoms with E-state index in [1.54, 1.807) is 24.3 Å². The lowest BCUT2D eigenvalue weighted by Crippen LogP contribution is -1.98. The minimum Gasteiger partial charge on any atom is -0.487 e. The summed E-state index contributed by atoms with van der Waals surface area (Å²) in [5, 5.41) is 5.57. The van der Waals surface area contributed by atoms with E-state index in [0.29, 0.717) is 12.2 Å². The second kappa shape index (κ2) is 5.17. The highest BCUT2D eigenvalue weighted by atomic mass is 16.5. The van der Waals surface area contributed by atoms with Gasteiger partial charge in [0, 0.05) is 18.0 Å². The molecule has 0 aliphatic rings. The van der Waals surface area contributed by atoms with Crippen LogP contribution in [0.5, 0.6) is 5.75 Å². The highest BCUT2D eigenvalue weighted by Crippen LogP contribution is 2.19. The molecule has 0 saturated heterocycles. The average Bonchev–Trinajstić information content (AvgIpc) is 2.83. The first-order valence-corrected chi connectivity index (χ1v) is 6.36. The molecule has 2 aromatic carbocycles. The fourth-order valence-corrected chi connectivity index (χ4v) is 2.19. The van der Waals surface area contributed by atoms with Crippen molar-refractivity contribution in [1.29, 1.82) is 0 Å². The maximum absolute atomic E-state index is 10.6. The van der Waals surface area contributed by atoms with Crippen molar-refractivity contribution in [2.75, 3.05) is 0 Å². The molecular weight excluding hydrogens is 252 g/mol. The Morgan fingerprint density at radius 2 is 1.90 bits per heavy atom. The Kier molecular flexibility index (Phi) is 3.21. The summed E-state index contributed by atoms with van der Waals surface area (Å²) in [7, 11) is 1.92. The molecule has 0 radical (unpaired) electrons. The maximum Gasteiger partial charge on any atom is 0.150 e. The number of para-hydroxylation sites is 1. The number of hydrogen-bond acceptors (Lipinski definition) is 3. The van der Waals surface area contributed by atoms with Crippen molar-refractivity contribution in [3.05, 3.63) is 59.8 Å². The summed E-state index contributed by atoms with van der Waals surface area (Å²) in [6.45, 7) is 0.405. The van der Waals surface area contributed by atoms with Crippen molar-refractivity contribution >= 4 is 17.2 Å². The Morgan fingerprint density at radius 3 is 2.65 bits per heavy atom. The molecule has 0 N–H and O–H groups in total. The second-order valence-corrected chi connectivity index (χ2v) is 4.56. The van der Waals surface area contributed by atoms with Crippen LogP contribution in [0.1, 0.15) is 16.1 Å². The molecule has 1 heterocycles. The van der Waals surface area contributed by atoms with Crippen molar-refractivity contribution in [2.45, 2.75) is 6.61 Å². The molecule has 0 aliphatic heterocycles. The zero-order valence-electron chi connectivity index (χ0n) is 11.1. The third kappa shape index (κ3) is 2.28. The summed E-state index contributed by atoms with van der Waals surface area (Å²) in [6, 6.07) is 15.1. The number of ether oxygens (including phenoxy) is 1. The topological polar surface area (TPSA) is 44.1 Å². The summed E-state index contributed by atoms with van der Waals surface area (Å²) < 4.78 is 7.57. The van der Waals surface area contributed by atoms with Crippen LogP contribution in [0.4, 0.5) is 0 Å². The normalized spacial score (nSPS) is 10.7. The molecule has 0 amide bonds. The first kappa shape index (κ1) is 12.4. The molecule has 0 spiro atoms. The number of benzene rings is 2. The predicted octanol–water partition coefficient (Wildman–Crippen LogP) is 2.96. The molecule has 4 heteroatoms. The highest BCUT2D eigenvalue weighted by molar-refractivity contribution is 5.81. The number of aldehydes is 1. The van der Waals surface area contributed by atoms with Gasteiger partial charge in [-0.1, -0.05) is 18.2 Å². The smallest absolute Gasteiger partial charge is 0.150 e. The lowest BCUT2D eigenvalue weighted by Gasteiger charge is -2.04. The maximum atomic E-state index is 10.6. The van der Waals surface area contributed by atoms with Crippen molar-refractivity contribution in [3.63, 3.8) is 0 Å². The lowest BCUT2D eigenvalue weighted by molar-refractivity contribution is 0.112. The lowest BCUT2D eigenvalue weighted by atomic mass is 10.2. The summed E-state index contributed by atoms with van der Waals surface area (Å²) >= 11 is 0. The van der Waals surface area contributed by atoms with Crippen molar-refractivity contribution in [2.24, 2.45) is 7.05 Å². The van der Waals surface area contributed by atoms with E-state index in [1.807, 2.05) is 36.0 Å². The van der Waals surface area contributed by atoms with Gasteiger partial charge in [-0.25, -0.2) is 0 Å². The molecule has 0 bridgehead atoms. The number of nitrogens with zero attached hydrogens (tertiary/aromatic N) is 2. The fourth-order valence-electron chi connectivity index (χ4n) is 2.19. The van der Waals surface area contributed by atoms with Crippen LogP contribution in [0.15, 0.2) is 48.5 Å². The molecule has 1 aromatic heterocycles. The Hall–Kier alpha value is -2.62. The standard InChI is InChI=1S/C16H14N2O2/c1-18-16-5-3-2-4-14(16)15(17-18)11-20-13-8-6-12(10-19)7-9-13/h2-10H,11H2,1H3. The molecule has 0 fully saturated rings. The van der Waals surface area contributed by atoms with Gasteiger partial charge in [0.2, 0.25) is 0 Å². The highest BCUT2D eigenvalue weighted by Gasteiger charge is 2.08. The molecule has 3 aromatic rings. The second-order valence-electron chi connectivity index (χ2n) is 4.56. The number of aryl methyl sites for hydroxylation is 1. The zero-order chi connectivity index (χ0) is 13.9.